The summed E-state index contributed by atoms with van der Waals surface area (Å²) in [6.07, 6.45) is 0.703. The molecule has 0 unspecified atom stereocenters. The van der Waals surface area contributed by atoms with Crippen molar-refractivity contribution in [3.8, 4) is 5.75 Å². The molecule has 0 aliphatic carbocycles. The van der Waals surface area contributed by atoms with Crippen LogP contribution in [0.15, 0.2) is 24.3 Å². The van der Waals surface area contributed by atoms with E-state index in [1.807, 2.05) is 38.1 Å². The van der Waals surface area contributed by atoms with Crippen LogP contribution in [0.2, 0.25) is 0 Å². The fraction of sp³-hybridized carbons (Fsp3) is 0.467. The second-order valence-corrected chi connectivity index (χ2v) is 4.79. The maximum atomic E-state index is 11.4. The topological polar surface area (TPSA) is 55.4 Å². The predicted molar refractivity (Wildman–Crippen MR) is 74.0 cm³/mol. The number of hydrogen-bond acceptors (Lipinski definition) is 3. The van der Waals surface area contributed by atoms with Gasteiger partial charge in [0.2, 0.25) is 5.91 Å². The highest BCUT2D eigenvalue weighted by Crippen LogP contribution is 2.13. The second-order valence-electron chi connectivity index (χ2n) is 4.79. The molecular formula is C15H21NO3. The van der Waals surface area contributed by atoms with Gasteiger partial charge < -0.3 is 14.8 Å². The summed E-state index contributed by atoms with van der Waals surface area (Å²) in [7, 11) is 0. The van der Waals surface area contributed by atoms with Gasteiger partial charge in [-0.15, -0.1) is 0 Å². The number of carbonyl (C=O) groups excluding carboxylic acids is 2. The summed E-state index contributed by atoms with van der Waals surface area (Å²) >= 11 is 0. The normalized spacial score (nSPS) is 10.3. The van der Waals surface area contributed by atoms with Gasteiger partial charge in [0, 0.05) is 19.4 Å². The molecule has 19 heavy (non-hydrogen) atoms. The summed E-state index contributed by atoms with van der Waals surface area (Å²) < 4.78 is 5.53. The molecule has 0 saturated heterocycles. The average Bonchev–Trinajstić information content (AvgIpc) is 2.35. The molecule has 4 heteroatoms. The van der Waals surface area contributed by atoms with E-state index in [1.54, 1.807) is 0 Å². The first-order valence-corrected chi connectivity index (χ1v) is 6.49. The van der Waals surface area contributed by atoms with E-state index in [4.69, 9.17) is 4.74 Å². The predicted octanol–water partition coefficient (Wildman–Crippen LogP) is 2.46. The van der Waals surface area contributed by atoms with Crippen molar-refractivity contribution in [2.45, 2.75) is 46.3 Å². The van der Waals surface area contributed by atoms with Crippen molar-refractivity contribution in [2.75, 3.05) is 0 Å². The molecule has 0 heterocycles. The standard InChI is InChI=1S/C15H21NO3/c1-11(2)19-14-7-5-13(6-8-14)10-16-15(18)9-4-12(3)17/h5-8,11H,4,9-10H2,1-3H3,(H,16,18). The van der Waals surface area contributed by atoms with Gasteiger partial charge in [-0.05, 0) is 38.5 Å². The molecule has 0 radical (unpaired) electrons. The van der Waals surface area contributed by atoms with Gasteiger partial charge >= 0.3 is 0 Å². The fourth-order valence-corrected chi connectivity index (χ4v) is 1.54. The lowest BCUT2D eigenvalue weighted by atomic mass is 10.2. The van der Waals surface area contributed by atoms with Crippen LogP contribution in [0, 0.1) is 0 Å². The highest BCUT2D eigenvalue weighted by Gasteiger charge is 2.03. The monoisotopic (exact) mass is 263 g/mol. The zero-order valence-corrected chi connectivity index (χ0v) is 11.7. The van der Waals surface area contributed by atoms with E-state index in [1.165, 1.54) is 6.92 Å². The molecule has 0 atom stereocenters. The number of Topliss-reactive ketones (excluding diaryl/α,β-unsaturated/α-hetero) is 1. The highest BCUT2D eigenvalue weighted by molar-refractivity contribution is 5.83. The molecule has 0 aromatic heterocycles. The van der Waals surface area contributed by atoms with Gasteiger partial charge in [-0.3, -0.25) is 4.79 Å². The van der Waals surface area contributed by atoms with Crippen molar-refractivity contribution in [1.82, 2.24) is 5.32 Å². The summed E-state index contributed by atoms with van der Waals surface area (Å²) in [6.45, 7) is 5.91. The van der Waals surface area contributed by atoms with Crippen molar-refractivity contribution in [1.29, 1.82) is 0 Å². The lowest BCUT2D eigenvalue weighted by Crippen LogP contribution is -2.22. The first-order chi connectivity index (χ1) is 8.97. The van der Waals surface area contributed by atoms with E-state index in [9.17, 15) is 9.59 Å². The number of rotatable bonds is 7. The zero-order valence-electron chi connectivity index (χ0n) is 11.7. The van der Waals surface area contributed by atoms with Crippen LogP contribution in [0.3, 0.4) is 0 Å². The summed E-state index contributed by atoms with van der Waals surface area (Å²) in [5.41, 5.74) is 1.01. The highest BCUT2D eigenvalue weighted by atomic mass is 16.5. The first kappa shape index (κ1) is 15.2. The Balaban J connectivity index is 2.37. The van der Waals surface area contributed by atoms with Crippen LogP contribution < -0.4 is 10.1 Å². The van der Waals surface area contributed by atoms with Crippen LogP contribution in [-0.2, 0) is 16.1 Å². The molecule has 0 aliphatic heterocycles. The lowest BCUT2D eigenvalue weighted by molar-refractivity contribution is -0.124. The van der Waals surface area contributed by atoms with E-state index in [0.717, 1.165) is 11.3 Å². The van der Waals surface area contributed by atoms with Gasteiger partial charge in [0.1, 0.15) is 11.5 Å². The maximum Gasteiger partial charge on any atom is 0.220 e. The van der Waals surface area contributed by atoms with Crippen molar-refractivity contribution in [3.05, 3.63) is 29.8 Å². The molecule has 0 fully saturated rings. The molecule has 1 N–H and O–H groups in total. The third kappa shape index (κ3) is 6.60. The Morgan fingerprint density at radius 1 is 1.16 bits per heavy atom. The Labute approximate surface area is 114 Å². The van der Waals surface area contributed by atoms with Crippen LogP contribution in [0.1, 0.15) is 39.2 Å². The van der Waals surface area contributed by atoms with E-state index in [0.29, 0.717) is 13.0 Å². The van der Waals surface area contributed by atoms with Crippen LogP contribution >= 0.6 is 0 Å². The lowest BCUT2D eigenvalue weighted by Gasteiger charge is -2.10. The van der Waals surface area contributed by atoms with E-state index in [-0.39, 0.29) is 24.2 Å². The molecular weight excluding hydrogens is 242 g/mol. The van der Waals surface area contributed by atoms with Crippen molar-refractivity contribution in [3.63, 3.8) is 0 Å². The SMILES string of the molecule is CC(=O)CCC(=O)NCc1ccc(OC(C)C)cc1. The molecule has 1 aromatic carbocycles. The van der Waals surface area contributed by atoms with E-state index in [2.05, 4.69) is 5.32 Å². The van der Waals surface area contributed by atoms with Crippen LogP contribution in [-0.4, -0.2) is 17.8 Å². The Hall–Kier alpha value is -1.84. The van der Waals surface area contributed by atoms with Crippen molar-refractivity contribution >= 4 is 11.7 Å². The van der Waals surface area contributed by atoms with Gasteiger partial charge in [-0.1, -0.05) is 12.1 Å². The molecule has 0 bridgehead atoms. The summed E-state index contributed by atoms with van der Waals surface area (Å²) in [5, 5.41) is 2.78. The smallest absolute Gasteiger partial charge is 0.220 e. The van der Waals surface area contributed by atoms with Crippen LogP contribution in [0.4, 0.5) is 0 Å². The molecule has 104 valence electrons. The molecule has 0 aliphatic rings. The van der Waals surface area contributed by atoms with Gasteiger partial charge in [-0.2, -0.15) is 0 Å². The number of ether oxygens (including phenoxy) is 1. The minimum atomic E-state index is -0.0993. The van der Waals surface area contributed by atoms with Gasteiger partial charge in [0.05, 0.1) is 6.10 Å². The van der Waals surface area contributed by atoms with E-state index >= 15 is 0 Å². The van der Waals surface area contributed by atoms with E-state index < -0.39 is 0 Å². The molecule has 4 nitrogen and oxygen atoms in total. The second kappa shape index (κ2) is 7.56. The number of carbonyl (C=O) groups is 2. The molecule has 1 aromatic rings. The minimum absolute atomic E-state index is 0.0327. The number of benzene rings is 1. The number of nitrogens with one attached hydrogen (secondary N) is 1. The maximum absolute atomic E-state index is 11.4. The number of hydrogen-bond donors (Lipinski definition) is 1. The Bertz CT molecular complexity index is 424. The molecule has 0 spiro atoms. The van der Waals surface area contributed by atoms with Gasteiger partial charge in [0.15, 0.2) is 0 Å². The summed E-state index contributed by atoms with van der Waals surface area (Å²) in [6, 6.07) is 7.61. The molecule has 1 amide bonds. The number of ketones is 1. The minimum Gasteiger partial charge on any atom is -0.491 e. The Morgan fingerprint density at radius 3 is 2.32 bits per heavy atom. The summed E-state index contributed by atoms with van der Waals surface area (Å²) in [5.74, 6) is 0.754. The van der Waals surface area contributed by atoms with Crippen LogP contribution in [0.25, 0.3) is 0 Å². The average molecular weight is 263 g/mol. The van der Waals surface area contributed by atoms with Crippen molar-refractivity contribution in [2.24, 2.45) is 0 Å². The zero-order chi connectivity index (χ0) is 14.3. The first-order valence-electron chi connectivity index (χ1n) is 6.49. The number of amides is 1. The van der Waals surface area contributed by atoms with Gasteiger partial charge in [-0.25, -0.2) is 0 Å². The van der Waals surface area contributed by atoms with Gasteiger partial charge in [0.25, 0.3) is 0 Å². The third-order valence-electron chi connectivity index (χ3n) is 2.49. The third-order valence-corrected chi connectivity index (χ3v) is 2.49. The molecule has 1 rings (SSSR count). The Morgan fingerprint density at radius 2 is 1.79 bits per heavy atom. The largest absolute Gasteiger partial charge is 0.491 e. The molecule has 0 saturated carbocycles. The Kier molecular flexibility index (Phi) is 6.06. The van der Waals surface area contributed by atoms with Crippen molar-refractivity contribution < 1.29 is 14.3 Å². The summed E-state index contributed by atoms with van der Waals surface area (Å²) in [4.78, 5) is 22.2. The quantitative estimate of drug-likeness (QED) is 0.822. The van der Waals surface area contributed by atoms with Crippen LogP contribution in [0.5, 0.6) is 5.75 Å². The fourth-order valence-electron chi connectivity index (χ4n) is 1.54.